The van der Waals surface area contributed by atoms with Gasteiger partial charge in [-0.05, 0) is 25.2 Å². The van der Waals surface area contributed by atoms with Gasteiger partial charge in [-0.2, -0.15) is 0 Å². The van der Waals surface area contributed by atoms with Gasteiger partial charge in [-0.1, -0.05) is 6.92 Å². The molecule has 1 heterocycles. The van der Waals surface area contributed by atoms with Crippen LogP contribution in [0.25, 0.3) is 0 Å². The number of ether oxygens (including phenoxy) is 1. The molecule has 1 aliphatic heterocycles. The topological polar surface area (TPSA) is 58.6 Å². The van der Waals surface area contributed by atoms with Crippen LogP contribution in [-0.2, 0) is 14.3 Å². The fourth-order valence-corrected chi connectivity index (χ4v) is 2.24. The van der Waals surface area contributed by atoms with Gasteiger partial charge >= 0.3 is 0 Å². The summed E-state index contributed by atoms with van der Waals surface area (Å²) in [5, 5.41) is 2.85. The highest BCUT2D eigenvalue weighted by atomic mass is 16.5. The van der Waals surface area contributed by atoms with Gasteiger partial charge in [-0.3, -0.25) is 9.59 Å². The van der Waals surface area contributed by atoms with Gasteiger partial charge in [-0.15, -0.1) is 0 Å². The van der Waals surface area contributed by atoms with Gasteiger partial charge in [0.1, 0.15) is 6.04 Å². The minimum Gasteiger partial charge on any atom is -0.380 e. The number of carbonyl (C=O) groups is 2. The molecule has 5 heteroatoms. The Labute approximate surface area is 108 Å². The van der Waals surface area contributed by atoms with Crippen LogP contribution in [0, 0.1) is 5.92 Å². The summed E-state index contributed by atoms with van der Waals surface area (Å²) in [5.74, 6) is 0.430. The Morgan fingerprint density at radius 3 is 2.78 bits per heavy atom. The fourth-order valence-electron chi connectivity index (χ4n) is 2.24. The van der Waals surface area contributed by atoms with Crippen molar-refractivity contribution in [2.45, 2.75) is 38.6 Å². The average Bonchev–Trinajstić information content (AvgIpc) is 3.18. The monoisotopic (exact) mass is 254 g/mol. The van der Waals surface area contributed by atoms with Crippen LogP contribution in [0.2, 0.25) is 0 Å². The molecule has 0 aromatic rings. The second-order valence-electron chi connectivity index (χ2n) is 5.07. The van der Waals surface area contributed by atoms with E-state index in [0.717, 1.165) is 25.9 Å². The number of nitrogens with zero attached hydrogens (tertiary/aromatic N) is 1. The number of carbonyl (C=O) groups excluding carboxylic acids is 2. The van der Waals surface area contributed by atoms with Crippen molar-refractivity contribution < 1.29 is 14.3 Å². The van der Waals surface area contributed by atoms with E-state index in [-0.39, 0.29) is 17.9 Å². The van der Waals surface area contributed by atoms with Crippen LogP contribution >= 0.6 is 0 Å². The van der Waals surface area contributed by atoms with E-state index < -0.39 is 0 Å². The molecule has 1 unspecified atom stereocenters. The smallest absolute Gasteiger partial charge is 0.245 e. The van der Waals surface area contributed by atoms with Crippen molar-refractivity contribution in [1.29, 1.82) is 0 Å². The van der Waals surface area contributed by atoms with Gasteiger partial charge in [0, 0.05) is 26.1 Å². The Bertz CT molecular complexity index is 315. The van der Waals surface area contributed by atoms with Gasteiger partial charge in [-0.25, -0.2) is 0 Å². The molecule has 0 radical (unpaired) electrons. The Morgan fingerprint density at radius 2 is 2.11 bits per heavy atom. The lowest BCUT2D eigenvalue weighted by Gasteiger charge is -2.23. The predicted molar refractivity (Wildman–Crippen MR) is 67.0 cm³/mol. The minimum absolute atomic E-state index is 0.00257. The molecule has 1 saturated heterocycles. The Morgan fingerprint density at radius 1 is 1.33 bits per heavy atom. The largest absolute Gasteiger partial charge is 0.380 e. The van der Waals surface area contributed by atoms with Gasteiger partial charge in [0.25, 0.3) is 0 Å². The Kier molecular flexibility index (Phi) is 4.58. The third-order valence-electron chi connectivity index (χ3n) is 3.45. The van der Waals surface area contributed by atoms with E-state index in [1.54, 1.807) is 4.90 Å². The molecule has 2 rings (SSSR count). The van der Waals surface area contributed by atoms with Crippen LogP contribution in [0.1, 0.15) is 32.6 Å². The molecule has 18 heavy (non-hydrogen) atoms. The normalized spacial score (nSPS) is 24.9. The lowest BCUT2D eigenvalue weighted by Crippen LogP contribution is -2.46. The average molecular weight is 254 g/mol. The zero-order valence-corrected chi connectivity index (χ0v) is 11.0. The molecule has 2 amide bonds. The summed E-state index contributed by atoms with van der Waals surface area (Å²) in [5.41, 5.74) is 0. The van der Waals surface area contributed by atoms with Crippen molar-refractivity contribution >= 4 is 11.8 Å². The maximum absolute atomic E-state index is 12.3. The first-order valence-corrected chi connectivity index (χ1v) is 6.88. The van der Waals surface area contributed by atoms with E-state index in [2.05, 4.69) is 12.2 Å². The van der Waals surface area contributed by atoms with Crippen LogP contribution in [0.3, 0.4) is 0 Å². The van der Waals surface area contributed by atoms with E-state index in [1.807, 2.05) is 0 Å². The van der Waals surface area contributed by atoms with Crippen molar-refractivity contribution in [3.05, 3.63) is 0 Å². The summed E-state index contributed by atoms with van der Waals surface area (Å²) in [7, 11) is 0. The highest BCUT2D eigenvalue weighted by molar-refractivity contribution is 5.90. The van der Waals surface area contributed by atoms with Gasteiger partial charge < -0.3 is 15.0 Å². The lowest BCUT2D eigenvalue weighted by molar-refractivity contribution is -0.134. The maximum atomic E-state index is 12.3. The van der Waals surface area contributed by atoms with E-state index in [9.17, 15) is 9.59 Å². The Hall–Kier alpha value is -1.10. The summed E-state index contributed by atoms with van der Waals surface area (Å²) in [6.45, 7) is 4.46. The third-order valence-corrected chi connectivity index (χ3v) is 3.45. The molecule has 2 fully saturated rings. The zero-order valence-electron chi connectivity index (χ0n) is 11.0. The highest BCUT2D eigenvalue weighted by Crippen LogP contribution is 2.34. The molecular weight excluding hydrogens is 232 g/mol. The van der Waals surface area contributed by atoms with Crippen molar-refractivity contribution in [2.75, 3.05) is 26.3 Å². The summed E-state index contributed by atoms with van der Waals surface area (Å²) in [4.78, 5) is 25.6. The molecule has 2 aliphatic rings. The summed E-state index contributed by atoms with van der Waals surface area (Å²) in [6, 6.07) is -0.286. The molecule has 5 nitrogen and oxygen atoms in total. The number of hydrogen-bond acceptors (Lipinski definition) is 3. The van der Waals surface area contributed by atoms with Crippen LogP contribution in [0.4, 0.5) is 0 Å². The van der Waals surface area contributed by atoms with Crippen LogP contribution in [0.5, 0.6) is 0 Å². The second-order valence-corrected chi connectivity index (χ2v) is 5.07. The van der Waals surface area contributed by atoms with Gasteiger partial charge in [0.15, 0.2) is 0 Å². The molecule has 102 valence electrons. The molecule has 0 aromatic carbocycles. The van der Waals surface area contributed by atoms with Crippen molar-refractivity contribution in [1.82, 2.24) is 10.2 Å². The van der Waals surface area contributed by atoms with Crippen molar-refractivity contribution in [3.8, 4) is 0 Å². The first-order valence-electron chi connectivity index (χ1n) is 6.88. The zero-order chi connectivity index (χ0) is 13.0. The second kappa shape index (κ2) is 6.18. The number of nitrogens with one attached hydrogen (secondary N) is 1. The van der Waals surface area contributed by atoms with Crippen LogP contribution in [-0.4, -0.2) is 49.1 Å². The molecule has 1 N–H and O–H groups in total. The summed E-state index contributed by atoms with van der Waals surface area (Å²) >= 11 is 0. The molecule has 0 bridgehead atoms. The van der Waals surface area contributed by atoms with E-state index in [1.165, 1.54) is 0 Å². The highest BCUT2D eigenvalue weighted by Gasteiger charge is 2.40. The molecule has 1 aliphatic carbocycles. The van der Waals surface area contributed by atoms with Gasteiger partial charge in [0.05, 0.1) is 6.61 Å². The molecule has 0 spiro atoms. The summed E-state index contributed by atoms with van der Waals surface area (Å²) < 4.78 is 5.41. The summed E-state index contributed by atoms with van der Waals surface area (Å²) in [6.07, 6.45) is 3.50. The number of hydrogen-bond donors (Lipinski definition) is 1. The quantitative estimate of drug-likeness (QED) is 0.704. The van der Waals surface area contributed by atoms with Crippen molar-refractivity contribution in [3.63, 3.8) is 0 Å². The van der Waals surface area contributed by atoms with Gasteiger partial charge in [0.2, 0.25) is 11.8 Å². The van der Waals surface area contributed by atoms with E-state index in [0.29, 0.717) is 32.0 Å². The first kappa shape index (κ1) is 13.3. The predicted octanol–water partition coefficient (Wildman–Crippen LogP) is 0.540. The van der Waals surface area contributed by atoms with Crippen LogP contribution in [0.15, 0.2) is 0 Å². The van der Waals surface area contributed by atoms with Crippen molar-refractivity contribution in [2.24, 2.45) is 5.92 Å². The number of amides is 2. The maximum Gasteiger partial charge on any atom is 0.245 e. The molecule has 1 saturated carbocycles. The number of rotatable bonds is 6. The standard InChI is InChI=1S/C13H22N2O3/c1-2-8-18-9-7-15-6-5-11(16)14-12(13(15)17)10-3-4-10/h10,12H,2-9H2,1H3,(H,14,16). The molecular formula is C13H22N2O3. The third kappa shape index (κ3) is 3.45. The van der Waals surface area contributed by atoms with Crippen LogP contribution < -0.4 is 5.32 Å². The minimum atomic E-state index is -0.286. The first-order chi connectivity index (χ1) is 8.72. The Balaban J connectivity index is 1.87. The van der Waals surface area contributed by atoms with E-state index in [4.69, 9.17) is 4.74 Å². The fraction of sp³-hybridized carbons (Fsp3) is 0.846. The van der Waals surface area contributed by atoms with E-state index >= 15 is 0 Å². The molecule has 0 aromatic heterocycles. The molecule has 1 atom stereocenters. The lowest BCUT2D eigenvalue weighted by atomic mass is 10.1. The SMILES string of the molecule is CCCOCCN1CCC(=O)NC(C2CC2)C1=O.